The van der Waals surface area contributed by atoms with Crippen molar-refractivity contribution in [1.29, 1.82) is 0 Å². The monoisotopic (exact) mass is 258 g/mol. The Labute approximate surface area is 93.4 Å². The number of alkyl halides is 1. The Balaban J connectivity index is 0.000000791. The van der Waals surface area contributed by atoms with Gasteiger partial charge in [0, 0.05) is 0 Å². The number of methoxy groups -OCH3 is 1. The number of benzene rings is 1. The second kappa shape index (κ2) is 7.56. The van der Waals surface area contributed by atoms with Gasteiger partial charge in [0.1, 0.15) is 4.83 Å². The minimum absolute atomic E-state index is 0.277. The van der Waals surface area contributed by atoms with Gasteiger partial charge in [-0.1, -0.05) is 60.1 Å². The molecule has 1 rings (SSSR count). The van der Waals surface area contributed by atoms with Crippen LogP contribution in [0.4, 0.5) is 0 Å². The van der Waals surface area contributed by atoms with Gasteiger partial charge in [0.05, 0.1) is 7.11 Å². The lowest BCUT2D eigenvalue weighted by atomic mass is 10.2. The summed E-state index contributed by atoms with van der Waals surface area (Å²) in [5.74, 6) is -0.277. The molecule has 0 amide bonds. The molecular formula is C11H15BrO2. The first-order chi connectivity index (χ1) is 6.75. The quantitative estimate of drug-likeness (QED) is 0.601. The van der Waals surface area contributed by atoms with Gasteiger partial charge in [0.2, 0.25) is 0 Å². The number of rotatable bonds is 2. The number of carbonyl (C=O) groups is 1. The highest BCUT2D eigenvalue weighted by molar-refractivity contribution is 9.09. The SMILES string of the molecule is CC.COC(=O)C(Br)c1ccccc1. The fourth-order valence-electron chi connectivity index (χ4n) is 0.862. The highest BCUT2D eigenvalue weighted by Gasteiger charge is 2.16. The average molecular weight is 259 g/mol. The number of carbonyl (C=O) groups excluding carboxylic acids is 1. The topological polar surface area (TPSA) is 26.3 Å². The van der Waals surface area contributed by atoms with E-state index in [0.29, 0.717) is 0 Å². The number of ether oxygens (including phenoxy) is 1. The Hall–Kier alpha value is -0.830. The minimum Gasteiger partial charge on any atom is -0.468 e. The molecule has 0 heterocycles. The van der Waals surface area contributed by atoms with Gasteiger partial charge in [0.15, 0.2) is 0 Å². The minimum atomic E-state index is -0.358. The van der Waals surface area contributed by atoms with E-state index >= 15 is 0 Å². The van der Waals surface area contributed by atoms with Gasteiger partial charge in [-0.25, -0.2) is 0 Å². The number of halogens is 1. The summed E-state index contributed by atoms with van der Waals surface area (Å²) < 4.78 is 4.58. The zero-order valence-corrected chi connectivity index (χ0v) is 10.2. The summed E-state index contributed by atoms with van der Waals surface area (Å²) in [4.78, 5) is 10.7. The summed E-state index contributed by atoms with van der Waals surface area (Å²) in [6.07, 6.45) is 0. The van der Waals surface area contributed by atoms with Crippen LogP contribution in [0.2, 0.25) is 0 Å². The van der Waals surface area contributed by atoms with E-state index in [1.807, 2.05) is 44.2 Å². The van der Waals surface area contributed by atoms with E-state index in [-0.39, 0.29) is 10.8 Å². The lowest BCUT2D eigenvalue weighted by Gasteiger charge is -2.06. The van der Waals surface area contributed by atoms with Gasteiger partial charge in [-0.3, -0.25) is 4.79 Å². The zero-order chi connectivity index (χ0) is 11.0. The lowest BCUT2D eigenvalue weighted by molar-refractivity contribution is -0.139. The van der Waals surface area contributed by atoms with Crippen LogP contribution in [0.15, 0.2) is 30.3 Å². The second-order valence-electron chi connectivity index (χ2n) is 2.30. The third-order valence-electron chi connectivity index (χ3n) is 1.50. The molecule has 0 aliphatic rings. The molecule has 0 fully saturated rings. The third-order valence-corrected chi connectivity index (χ3v) is 2.40. The predicted molar refractivity (Wildman–Crippen MR) is 61.5 cm³/mol. The van der Waals surface area contributed by atoms with Crippen LogP contribution in [-0.2, 0) is 9.53 Å². The van der Waals surface area contributed by atoms with Gasteiger partial charge in [0.25, 0.3) is 0 Å². The van der Waals surface area contributed by atoms with E-state index in [2.05, 4.69) is 20.7 Å². The Bertz CT molecular complexity index is 259. The number of hydrogen-bond acceptors (Lipinski definition) is 2. The molecule has 3 heteroatoms. The van der Waals surface area contributed by atoms with Crippen molar-refractivity contribution in [2.75, 3.05) is 7.11 Å². The van der Waals surface area contributed by atoms with Crippen LogP contribution < -0.4 is 0 Å². The first-order valence-electron chi connectivity index (χ1n) is 4.52. The first kappa shape index (κ1) is 13.2. The van der Waals surface area contributed by atoms with E-state index in [1.54, 1.807) is 0 Å². The molecule has 0 N–H and O–H groups in total. The molecule has 1 aromatic rings. The summed E-state index contributed by atoms with van der Waals surface area (Å²) in [5, 5.41) is 0. The van der Waals surface area contributed by atoms with Crippen molar-refractivity contribution < 1.29 is 9.53 Å². The molecule has 2 nitrogen and oxygen atoms in total. The number of esters is 1. The van der Waals surface area contributed by atoms with E-state index in [1.165, 1.54) is 7.11 Å². The molecule has 0 spiro atoms. The summed E-state index contributed by atoms with van der Waals surface area (Å²) in [6.45, 7) is 4.00. The summed E-state index contributed by atoms with van der Waals surface area (Å²) in [7, 11) is 1.37. The maximum absolute atomic E-state index is 11.0. The predicted octanol–water partition coefficient (Wildman–Crippen LogP) is 3.32. The molecule has 1 unspecified atom stereocenters. The first-order valence-corrected chi connectivity index (χ1v) is 5.44. The van der Waals surface area contributed by atoms with Crippen molar-refractivity contribution >= 4 is 21.9 Å². The smallest absolute Gasteiger partial charge is 0.323 e. The molecule has 0 saturated carbocycles. The molecule has 0 aliphatic heterocycles. The van der Waals surface area contributed by atoms with E-state index in [9.17, 15) is 4.79 Å². The maximum atomic E-state index is 11.0. The van der Waals surface area contributed by atoms with Crippen LogP contribution in [-0.4, -0.2) is 13.1 Å². The number of hydrogen-bond donors (Lipinski definition) is 0. The molecule has 1 atom stereocenters. The van der Waals surface area contributed by atoms with Crippen molar-refractivity contribution in [1.82, 2.24) is 0 Å². The van der Waals surface area contributed by atoms with Crippen molar-refractivity contribution in [3.63, 3.8) is 0 Å². The normalized spacial score (nSPS) is 10.9. The van der Waals surface area contributed by atoms with E-state index in [4.69, 9.17) is 0 Å². The highest BCUT2D eigenvalue weighted by atomic mass is 79.9. The molecule has 1 aromatic carbocycles. The van der Waals surface area contributed by atoms with E-state index < -0.39 is 0 Å². The van der Waals surface area contributed by atoms with Gasteiger partial charge in [-0.15, -0.1) is 0 Å². The summed E-state index contributed by atoms with van der Waals surface area (Å²) >= 11 is 3.24. The molecular weight excluding hydrogens is 244 g/mol. The van der Waals surface area contributed by atoms with Gasteiger partial charge >= 0.3 is 5.97 Å². The van der Waals surface area contributed by atoms with Crippen molar-refractivity contribution in [2.24, 2.45) is 0 Å². The molecule has 0 saturated heterocycles. The fraction of sp³-hybridized carbons (Fsp3) is 0.364. The molecule has 0 aromatic heterocycles. The van der Waals surface area contributed by atoms with Crippen molar-refractivity contribution in [3.8, 4) is 0 Å². The molecule has 14 heavy (non-hydrogen) atoms. The Morgan fingerprint density at radius 2 is 1.79 bits per heavy atom. The Morgan fingerprint density at radius 1 is 1.29 bits per heavy atom. The van der Waals surface area contributed by atoms with Crippen LogP contribution >= 0.6 is 15.9 Å². The van der Waals surface area contributed by atoms with Crippen LogP contribution in [0.3, 0.4) is 0 Å². The summed E-state index contributed by atoms with van der Waals surface area (Å²) in [5.41, 5.74) is 0.907. The van der Waals surface area contributed by atoms with Crippen LogP contribution in [0.25, 0.3) is 0 Å². The molecule has 0 aliphatic carbocycles. The van der Waals surface area contributed by atoms with Crippen LogP contribution in [0.5, 0.6) is 0 Å². The zero-order valence-electron chi connectivity index (χ0n) is 8.66. The lowest BCUT2D eigenvalue weighted by Crippen LogP contribution is -2.07. The highest BCUT2D eigenvalue weighted by Crippen LogP contribution is 2.23. The van der Waals surface area contributed by atoms with Crippen LogP contribution in [0.1, 0.15) is 24.2 Å². The Kier molecular flexibility index (Phi) is 7.11. The van der Waals surface area contributed by atoms with Gasteiger partial charge < -0.3 is 4.74 Å². The Morgan fingerprint density at radius 3 is 2.21 bits per heavy atom. The second-order valence-corrected chi connectivity index (χ2v) is 3.21. The molecule has 0 radical (unpaired) electrons. The fourth-order valence-corrected chi connectivity index (χ4v) is 1.35. The largest absolute Gasteiger partial charge is 0.468 e. The molecule has 78 valence electrons. The summed E-state index contributed by atoms with van der Waals surface area (Å²) in [6, 6.07) is 9.41. The van der Waals surface area contributed by atoms with Crippen molar-refractivity contribution in [2.45, 2.75) is 18.7 Å². The third kappa shape index (κ3) is 3.92. The maximum Gasteiger partial charge on any atom is 0.323 e. The average Bonchev–Trinajstić information content (AvgIpc) is 2.31. The van der Waals surface area contributed by atoms with E-state index in [0.717, 1.165) is 5.56 Å². The van der Waals surface area contributed by atoms with Gasteiger partial charge in [-0.2, -0.15) is 0 Å². The molecule has 0 bridgehead atoms. The standard InChI is InChI=1S/C9H9BrO2.C2H6/c1-12-9(11)8(10)7-5-3-2-4-6-7;1-2/h2-6,8H,1H3;1-2H3. The van der Waals surface area contributed by atoms with Crippen LogP contribution in [0, 0.1) is 0 Å². The van der Waals surface area contributed by atoms with Crippen molar-refractivity contribution in [3.05, 3.63) is 35.9 Å². The van der Waals surface area contributed by atoms with Gasteiger partial charge in [-0.05, 0) is 5.56 Å².